The molecule has 2 aromatic rings. The Bertz CT molecular complexity index is 902. The summed E-state index contributed by atoms with van der Waals surface area (Å²) in [6.07, 6.45) is 5.07. The first kappa shape index (κ1) is 16.9. The smallest absolute Gasteiger partial charge is 0.416 e. The summed E-state index contributed by atoms with van der Waals surface area (Å²) >= 11 is 0. The highest BCUT2D eigenvalue weighted by molar-refractivity contribution is 5.86. The van der Waals surface area contributed by atoms with E-state index in [2.05, 4.69) is 14.9 Å². The van der Waals surface area contributed by atoms with Gasteiger partial charge in [-0.1, -0.05) is 0 Å². The van der Waals surface area contributed by atoms with Gasteiger partial charge in [-0.3, -0.25) is 4.99 Å². The zero-order valence-corrected chi connectivity index (χ0v) is 14.1. The van der Waals surface area contributed by atoms with E-state index in [1.807, 2.05) is 12.3 Å². The summed E-state index contributed by atoms with van der Waals surface area (Å²) in [5, 5.41) is 0. The van der Waals surface area contributed by atoms with Crippen LogP contribution >= 0.6 is 0 Å². The minimum absolute atomic E-state index is 0.209. The number of hydrogen-bond donors (Lipinski definition) is 0. The van der Waals surface area contributed by atoms with Gasteiger partial charge in [0.1, 0.15) is 5.52 Å². The van der Waals surface area contributed by atoms with Crippen LogP contribution in [0.25, 0.3) is 16.7 Å². The number of allylic oxidation sites excluding steroid dienone is 2. The van der Waals surface area contributed by atoms with Crippen LogP contribution in [0.2, 0.25) is 0 Å². The van der Waals surface area contributed by atoms with Crippen LogP contribution in [-0.2, 0) is 6.18 Å². The molecule has 0 atom stereocenters. The van der Waals surface area contributed by atoms with Crippen molar-refractivity contribution in [1.29, 1.82) is 0 Å². The molecular formula is C19H18F3N3O. The zero-order chi connectivity index (χ0) is 18.1. The predicted octanol–water partition coefficient (Wildman–Crippen LogP) is 5.03. The number of rotatable bonds is 2. The summed E-state index contributed by atoms with van der Waals surface area (Å²) < 4.78 is 44.4. The van der Waals surface area contributed by atoms with Crippen LogP contribution in [0.1, 0.15) is 37.1 Å². The molecule has 136 valence electrons. The molecule has 1 fully saturated rings. The average molecular weight is 361 g/mol. The molecule has 1 saturated heterocycles. The van der Waals surface area contributed by atoms with Crippen LogP contribution in [0.3, 0.4) is 0 Å². The molecule has 0 saturated carbocycles. The normalized spacial score (nSPS) is 18.7. The van der Waals surface area contributed by atoms with Gasteiger partial charge in [0.15, 0.2) is 5.58 Å². The lowest BCUT2D eigenvalue weighted by Crippen LogP contribution is -2.29. The summed E-state index contributed by atoms with van der Waals surface area (Å²) in [5.74, 6) is 0.343. The number of nitrogens with zero attached hydrogens (tertiary/aromatic N) is 3. The number of halogens is 3. The first-order valence-electron chi connectivity index (χ1n) is 8.65. The fourth-order valence-corrected chi connectivity index (χ4v) is 3.32. The topological polar surface area (TPSA) is 41.6 Å². The molecule has 0 spiro atoms. The van der Waals surface area contributed by atoms with Gasteiger partial charge in [-0.25, -0.2) is 4.98 Å². The van der Waals surface area contributed by atoms with Crippen molar-refractivity contribution in [3.05, 3.63) is 47.6 Å². The summed E-state index contributed by atoms with van der Waals surface area (Å²) in [5.41, 5.74) is 1.73. The van der Waals surface area contributed by atoms with Gasteiger partial charge in [0.2, 0.25) is 5.89 Å². The monoisotopic (exact) mass is 361 g/mol. The van der Waals surface area contributed by atoms with Gasteiger partial charge in [-0.15, -0.1) is 0 Å². The number of hydrogen-bond acceptors (Lipinski definition) is 4. The molecule has 0 unspecified atom stereocenters. The van der Waals surface area contributed by atoms with Crippen molar-refractivity contribution in [3.63, 3.8) is 0 Å². The summed E-state index contributed by atoms with van der Waals surface area (Å²) in [4.78, 5) is 10.9. The maximum atomic E-state index is 12.9. The van der Waals surface area contributed by atoms with Gasteiger partial charge in [0, 0.05) is 43.2 Å². The standard InChI is InChI=1S/C19H18F3N3O/c20-19(21,22)14-4-5-17-16(11-14)24-18(26-17)13-6-7-23-12-15(10-13)25-8-2-1-3-9-25/h4-7,11-12H,1-3,8-10H2. The van der Waals surface area contributed by atoms with Gasteiger partial charge < -0.3 is 9.32 Å². The lowest BCUT2D eigenvalue weighted by molar-refractivity contribution is -0.137. The highest BCUT2D eigenvalue weighted by Crippen LogP contribution is 2.33. The minimum Gasteiger partial charge on any atom is -0.436 e. The number of benzene rings is 1. The minimum atomic E-state index is -4.40. The van der Waals surface area contributed by atoms with E-state index in [4.69, 9.17) is 4.42 Å². The second-order valence-electron chi connectivity index (χ2n) is 6.53. The van der Waals surface area contributed by atoms with Crippen LogP contribution < -0.4 is 0 Å². The predicted molar refractivity (Wildman–Crippen MR) is 93.6 cm³/mol. The van der Waals surface area contributed by atoms with E-state index >= 15 is 0 Å². The average Bonchev–Trinajstić information content (AvgIpc) is 2.90. The van der Waals surface area contributed by atoms with E-state index in [-0.39, 0.29) is 5.52 Å². The molecular weight excluding hydrogens is 343 g/mol. The van der Waals surface area contributed by atoms with E-state index in [9.17, 15) is 13.2 Å². The maximum absolute atomic E-state index is 12.9. The molecule has 2 aliphatic rings. The number of alkyl halides is 3. The third-order valence-electron chi connectivity index (χ3n) is 4.71. The summed E-state index contributed by atoms with van der Waals surface area (Å²) in [6, 6.07) is 3.36. The molecule has 3 heterocycles. The number of aromatic nitrogens is 1. The largest absolute Gasteiger partial charge is 0.436 e. The summed E-state index contributed by atoms with van der Waals surface area (Å²) in [7, 11) is 0. The molecule has 4 rings (SSSR count). The highest BCUT2D eigenvalue weighted by Gasteiger charge is 2.31. The Morgan fingerprint density at radius 1 is 1.08 bits per heavy atom. The van der Waals surface area contributed by atoms with E-state index in [0.717, 1.165) is 49.3 Å². The van der Waals surface area contributed by atoms with Gasteiger partial charge >= 0.3 is 6.18 Å². The Kier molecular flexibility index (Phi) is 4.30. The molecule has 0 aliphatic carbocycles. The number of likely N-dealkylation sites (tertiary alicyclic amines) is 1. The van der Waals surface area contributed by atoms with E-state index < -0.39 is 11.7 Å². The Morgan fingerprint density at radius 2 is 1.88 bits per heavy atom. The molecule has 7 heteroatoms. The fraction of sp³-hybridized carbons (Fsp3) is 0.368. The number of oxazole rings is 1. The molecule has 0 amide bonds. The Morgan fingerprint density at radius 3 is 2.65 bits per heavy atom. The fourth-order valence-electron chi connectivity index (χ4n) is 3.32. The lowest BCUT2D eigenvalue weighted by atomic mass is 10.1. The third-order valence-corrected chi connectivity index (χ3v) is 4.71. The van der Waals surface area contributed by atoms with Crippen LogP contribution in [0.4, 0.5) is 13.2 Å². The second kappa shape index (κ2) is 6.63. The quantitative estimate of drug-likeness (QED) is 0.753. The number of fused-ring (bicyclic) bond motifs is 1. The van der Waals surface area contributed by atoms with E-state index in [1.54, 1.807) is 6.21 Å². The van der Waals surface area contributed by atoms with Crippen molar-refractivity contribution in [2.45, 2.75) is 31.9 Å². The van der Waals surface area contributed by atoms with Crippen LogP contribution in [0, 0.1) is 0 Å². The molecule has 4 nitrogen and oxygen atoms in total. The molecule has 0 bridgehead atoms. The number of aliphatic imine (C=N–C) groups is 1. The van der Waals surface area contributed by atoms with Crippen molar-refractivity contribution >= 4 is 22.9 Å². The van der Waals surface area contributed by atoms with Gasteiger partial charge in [0.25, 0.3) is 0 Å². The van der Waals surface area contributed by atoms with E-state index in [0.29, 0.717) is 17.9 Å². The Labute approximate surface area is 148 Å². The van der Waals surface area contributed by atoms with Crippen LogP contribution in [0.5, 0.6) is 0 Å². The van der Waals surface area contributed by atoms with Crippen molar-refractivity contribution < 1.29 is 17.6 Å². The Hall–Kier alpha value is -2.57. The molecule has 26 heavy (non-hydrogen) atoms. The van der Waals surface area contributed by atoms with Crippen molar-refractivity contribution in [1.82, 2.24) is 9.88 Å². The first-order valence-corrected chi connectivity index (χ1v) is 8.65. The second-order valence-corrected chi connectivity index (χ2v) is 6.53. The van der Waals surface area contributed by atoms with E-state index in [1.165, 1.54) is 12.5 Å². The molecule has 0 radical (unpaired) electrons. The van der Waals surface area contributed by atoms with Gasteiger partial charge in [0.05, 0.1) is 5.56 Å². The van der Waals surface area contributed by atoms with Crippen molar-refractivity contribution in [3.8, 4) is 0 Å². The van der Waals surface area contributed by atoms with Crippen molar-refractivity contribution in [2.24, 2.45) is 4.99 Å². The summed E-state index contributed by atoms with van der Waals surface area (Å²) in [6.45, 7) is 1.99. The lowest BCUT2D eigenvalue weighted by Gasteiger charge is -2.30. The maximum Gasteiger partial charge on any atom is 0.416 e. The molecule has 0 N–H and O–H groups in total. The van der Waals surface area contributed by atoms with Gasteiger partial charge in [-0.05, 0) is 43.5 Å². The molecule has 2 aliphatic heterocycles. The molecule has 1 aromatic carbocycles. The highest BCUT2D eigenvalue weighted by atomic mass is 19.4. The third kappa shape index (κ3) is 3.38. The SMILES string of the molecule is FC(F)(F)c1ccc2oc(C3=CC=NC=C(N4CCCCC4)C3)nc2c1. The van der Waals surface area contributed by atoms with Gasteiger partial charge in [-0.2, -0.15) is 13.2 Å². The Balaban J connectivity index is 1.63. The van der Waals surface area contributed by atoms with Crippen LogP contribution in [-0.4, -0.2) is 29.2 Å². The van der Waals surface area contributed by atoms with Crippen LogP contribution in [0.15, 0.2) is 45.6 Å². The number of piperidine rings is 1. The zero-order valence-electron chi connectivity index (χ0n) is 14.1. The molecule has 1 aromatic heterocycles. The first-order chi connectivity index (χ1) is 12.5. The van der Waals surface area contributed by atoms with Crippen molar-refractivity contribution in [2.75, 3.05) is 13.1 Å².